The third kappa shape index (κ3) is 3.37. The molecule has 2 rings (SSSR count). The normalized spacial score (nSPS) is 18.6. The molecule has 1 amide bonds. The summed E-state index contributed by atoms with van der Waals surface area (Å²) in [6.07, 6.45) is 2.32. The van der Waals surface area contributed by atoms with Crippen molar-refractivity contribution in [3.63, 3.8) is 0 Å². The molecule has 1 aromatic rings. The topological polar surface area (TPSA) is 20.3 Å². The number of likely N-dealkylation sites (tertiary alicyclic amines) is 1. The van der Waals surface area contributed by atoms with Crippen LogP contribution >= 0.6 is 0 Å². The summed E-state index contributed by atoms with van der Waals surface area (Å²) < 4.78 is 0. The van der Waals surface area contributed by atoms with Crippen LogP contribution < -0.4 is 0 Å². The number of carbonyl (C=O) groups excluding carboxylic acids is 1. The van der Waals surface area contributed by atoms with E-state index in [-0.39, 0.29) is 11.8 Å². The summed E-state index contributed by atoms with van der Waals surface area (Å²) in [7, 11) is 0. The van der Waals surface area contributed by atoms with E-state index in [4.69, 9.17) is 0 Å². The van der Waals surface area contributed by atoms with Gasteiger partial charge in [0.15, 0.2) is 0 Å². The van der Waals surface area contributed by atoms with Gasteiger partial charge in [0.25, 0.3) is 0 Å². The summed E-state index contributed by atoms with van der Waals surface area (Å²) in [5.74, 6) is 1.80. The number of benzene rings is 1. The largest absolute Gasteiger partial charge is 0.342 e. The first-order chi connectivity index (χ1) is 9.09. The molecule has 1 unspecified atom stereocenters. The Balaban J connectivity index is 1.94. The smallest absolute Gasteiger partial charge is 0.229 e. The second kappa shape index (κ2) is 6.23. The van der Waals surface area contributed by atoms with Crippen LogP contribution in [0.4, 0.5) is 0 Å². The van der Waals surface area contributed by atoms with Crippen LogP contribution in [0.15, 0.2) is 30.3 Å². The lowest BCUT2D eigenvalue weighted by Crippen LogP contribution is -2.41. The van der Waals surface area contributed by atoms with E-state index in [0.29, 0.717) is 0 Å². The van der Waals surface area contributed by atoms with E-state index in [9.17, 15) is 4.79 Å². The van der Waals surface area contributed by atoms with Gasteiger partial charge in [-0.25, -0.2) is 0 Å². The van der Waals surface area contributed by atoms with E-state index in [2.05, 4.69) is 18.7 Å². The fraction of sp³-hybridized carbons (Fsp3) is 0.588. The summed E-state index contributed by atoms with van der Waals surface area (Å²) in [5.41, 5.74) is 1.12. The highest BCUT2D eigenvalue weighted by atomic mass is 16.2. The van der Waals surface area contributed by atoms with Crippen molar-refractivity contribution in [1.29, 1.82) is 0 Å². The van der Waals surface area contributed by atoms with Gasteiger partial charge in [0, 0.05) is 13.1 Å². The Kier molecular flexibility index (Phi) is 4.62. The molecule has 0 N–H and O–H groups in total. The van der Waals surface area contributed by atoms with E-state index < -0.39 is 0 Å². The van der Waals surface area contributed by atoms with Crippen molar-refractivity contribution in [1.82, 2.24) is 4.90 Å². The molecule has 0 aromatic heterocycles. The molecular weight excluding hydrogens is 234 g/mol. The minimum absolute atomic E-state index is 0.0169. The molecule has 0 spiro atoms. The number of piperidine rings is 1. The van der Waals surface area contributed by atoms with Gasteiger partial charge in [-0.1, -0.05) is 44.2 Å². The van der Waals surface area contributed by atoms with Gasteiger partial charge in [0.1, 0.15) is 0 Å². The lowest BCUT2D eigenvalue weighted by molar-refractivity contribution is -0.134. The molecule has 2 nitrogen and oxygen atoms in total. The van der Waals surface area contributed by atoms with Gasteiger partial charge in [0.05, 0.1) is 5.92 Å². The number of nitrogens with zero attached hydrogens (tertiary/aromatic N) is 1. The first-order valence-corrected chi connectivity index (χ1v) is 7.43. The maximum Gasteiger partial charge on any atom is 0.229 e. The summed E-state index contributed by atoms with van der Waals surface area (Å²) >= 11 is 0. The van der Waals surface area contributed by atoms with E-state index in [1.165, 1.54) is 0 Å². The van der Waals surface area contributed by atoms with Crippen LogP contribution in [0.2, 0.25) is 0 Å². The van der Waals surface area contributed by atoms with Gasteiger partial charge in [-0.3, -0.25) is 4.79 Å². The second-order valence-corrected chi connectivity index (χ2v) is 6.04. The quantitative estimate of drug-likeness (QED) is 0.810. The third-order valence-electron chi connectivity index (χ3n) is 4.46. The van der Waals surface area contributed by atoms with Crippen molar-refractivity contribution in [2.24, 2.45) is 11.8 Å². The first-order valence-electron chi connectivity index (χ1n) is 7.43. The molecule has 1 aromatic carbocycles. The zero-order chi connectivity index (χ0) is 13.8. The minimum Gasteiger partial charge on any atom is -0.342 e. The van der Waals surface area contributed by atoms with Crippen LogP contribution in [0.25, 0.3) is 0 Å². The maximum atomic E-state index is 12.5. The van der Waals surface area contributed by atoms with Crippen LogP contribution in [0.3, 0.4) is 0 Å². The molecule has 0 aliphatic carbocycles. The van der Waals surface area contributed by atoms with Gasteiger partial charge >= 0.3 is 0 Å². The highest BCUT2D eigenvalue weighted by Crippen LogP contribution is 2.26. The summed E-state index contributed by atoms with van der Waals surface area (Å²) in [5, 5.41) is 0. The predicted octanol–water partition coefficient (Wildman–Crippen LogP) is 3.68. The lowest BCUT2D eigenvalue weighted by Gasteiger charge is -2.35. The molecular formula is C17H25NO. The van der Waals surface area contributed by atoms with Gasteiger partial charge in [-0.15, -0.1) is 0 Å². The highest BCUT2D eigenvalue weighted by molar-refractivity contribution is 5.83. The molecule has 1 saturated heterocycles. The third-order valence-corrected chi connectivity index (χ3v) is 4.46. The molecule has 1 fully saturated rings. The fourth-order valence-electron chi connectivity index (χ4n) is 2.94. The Bertz CT molecular complexity index is 405. The molecule has 2 heteroatoms. The van der Waals surface area contributed by atoms with Crippen LogP contribution in [0, 0.1) is 11.8 Å². The Hall–Kier alpha value is -1.31. The first kappa shape index (κ1) is 14.1. The van der Waals surface area contributed by atoms with Crippen LogP contribution in [-0.2, 0) is 4.79 Å². The standard InChI is InChI=1S/C17H25NO/c1-13(2)15-9-11-18(12-10-15)17(19)14(3)16-7-5-4-6-8-16/h4-8,13-15H,9-12H2,1-3H3. The molecule has 1 heterocycles. The monoisotopic (exact) mass is 259 g/mol. The molecule has 19 heavy (non-hydrogen) atoms. The van der Waals surface area contributed by atoms with Crippen molar-refractivity contribution >= 4 is 5.91 Å². The van der Waals surface area contributed by atoms with E-state index >= 15 is 0 Å². The molecule has 1 atom stereocenters. The number of amides is 1. The van der Waals surface area contributed by atoms with Crippen molar-refractivity contribution in [2.45, 2.75) is 39.5 Å². The minimum atomic E-state index is -0.0169. The van der Waals surface area contributed by atoms with Crippen LogP contribution in [0.5, 0.6) is 0 Å². The zero-order valence-corrected chi connectivity index (χ0v) is 12.3. The number of rotatable bonds is 3. The Morgan fingerprint density at radius 1 is 1.11 bits per heavy atom. The predicted molar refractivity (Wildman–Crippen MR) is 79.0 cm³/mol. The van der Waals surface area contributed by atoms with Crippen molar-refractivity contribution in [3.05, 3.63) is 35.9 Å². The van der Waals surface area contributed by atoms with E-state index in [1.54, 1.807) is 0 Å². The number of carbonyl (C=O) groups is 1. The van der Waals surface area contributed by atoms with Crippen LogP contribution in [0.1, 0.15) is 45.1 Å². The summed E-state index contributed by atoms with van der Waals surface area (Å²) in [6, 6.07) is 10.1. The number of hydrogen-bond donors (Lipinski definition) is 0. The molecule has 1 aliphatic heterocycles. The van der Waals surface area contributed by atoms with Gasteiger partial charge in [-0.05, 0) is 37.2 Å². The SMILES string of the molecule is CC(C(=O)N1CCC(C(C)C)CC1)c1ccccc1. The van der Waals surface area contributed by atoms with E-state index in [0.717, 1.165) is 43.3 Å². The van der Waals surface area contributed by atoms with Crippen molar-refractivity contribution in [2.75, 3.05) is 13.1 Å². The average molecular weight is 259 g/mol. The Morgan fingerprint density at radius 2 is 1.68 bits per heavy atom. The number of hydrogen-bond acceptors (Lipinski definition) is 1. The van der Waals surface area contributed by atoms with Gasteiger partial charge < -0.3 is 4.90 Å². The second-order valence-electron chi connectivity index (χ2n) is 6.04. The molecule has 1 aliphatic rings. The molecule has 0 radical (unpaired) electrons. The van der Waals surface area contributed by atoms with Crippen molar-refractivity contribution < 1.29 is 4.79 Å². The summed E-state index contributed by atoms with van der Waals surface area (Å²) in [4.78, 5) is 14.6. The van der Waals surface area contributed by atoms with Crippen molar-refractivity contribution in [3.8, 4) is 0 Å². The van der Waals surface area contributed by atoms with Gasteiger partial charge in [0.2, 0.25) is 5.91 Å². The Morgan fingerprint density at radius 3 is 2.21 bits per heavy atom. The maximum absolute atomic E-state index is 12.5. The molecule has 0 saturated carbocycles. The lowest BCUT2D eigenvalue weighted by atomic mass is 9.86. The fourth-order valence-corrected chi connectivity index (χ4v) is 2.94. The Labute approximate surface area is 116 Å². The average Bonchev–Trinajstić information content (AvgIpc) is 2.46. The highest BCUT2D eigenvalue weighted by Gasteiger charge is 2.27. The molecule has 104 valence electrons. The van der Waals surface area contributed by atoms with Crippen LogP contribution in [-0.4, -0.2) is 23.9 Å². The summed E-state index contributed by atoms with van der Waals surface area (Å²) in [6.45, 7) is 8.45. The van der Waals surface area contributed by atoms with Gasteiger partial charge in [-0.2, -0.15) is 0 Å². The van der Waals surface area contributed by atoms with E-state index in [1.807, 2.05) is 37.3 Å². The zero-order valence-electron chi connectivity index (χ0n) is 12.3. The molecule has 0 bridgehead atoms.